The molecule has 0 aliphatic carbocycles. The molecule has 1 aliphatic heterocycles. The van der Waals surface area contributed by atoms with Crippen LogP contribution in [0, 0.1) is 5.92 Å². The summed E-state index contributed by atoms with van der Waals surface area (Å²) >= 11 is 5.80. The lowest BCUT2D eigenvalue weighted by atomic mass is 10.1. The van der Waals surface area contributed by atoms with Gasteiger partial charge in [0.15, 0.2) is 0 Å². The highest BCUT2D eigenvalue weighted by Gasteiger charge is 2.25. The highest BCUT2D eigenvalue weighted by atomic mass is 35.5. The minimum Gasteiger partial charge on any atom is -0.371 e. The van der Waals surface area contributed by atoms with Gasteiger partial charge in [-0.25, -0.2) is 0 Å². The molecule has 1 aromatic heterocycles. The summed E-state index contributed by atoms with van der Waals surface area (Å²) in [5.74, 6) is 0.295. The number of aromatic nitrogens is 1. The molecule has 0 spiro atoms. The van der Waals surface area contributed by atoms with Gasteiger partial charge in [-0.3, -0.25) is 9.59 Å². The Balaban J connectivity index is 1.61. The van der Waals surface area contributed by atoms with Gasteiger partial charge in [-0.15, -0.1) is 0 Å². The molecule has 1 aromatic carbocycles. The van der Waals surface area contributed by atoms with Gasteiger partial charge in [0.1, 0.15) is 5.02 Å². The first-order valence-corrected chi connectivity index (χ1v) is 8.36. The number of aromatic amines is 1. The van der Waals surface area contributed by atoms with Gasteiger partial charge in [0.25, 0.3) is 11.5 Å². The number of carbonyl (C=O) groups excluding carboxylic acids is 1. The molecule has 0 unspecified atom stereocenters. The Kier molecular flexibility index (Phi) is 4.90. The molecule has 1 atom stereocenters. The zero-order valence-electron chi connectivity index (χ0n) is 13.5. The van der Waals surface area contributed by atoms with Crippen LogP contribution < -0.4 is 10.5 Å². The molecule has 0 bridgehead atoms. The topological polar surface area (TPSA) is 56.4 Å². The van der Waals surface area contributed by atoms with Gasteiger partial charge < -0.3 is 14.8 Å². The zero-order valence-corrected chi connectivity index (χ0v) is 14.3. The fourth-order valence-corrected chi connectivity index (χ4v) is 3.30. The second-order valence-electron chi connectivity index (χ2n) is 6.19. The maximum atomic E-state index is 12.5. The van der Waals surface area contributed by atoms with Crippen molar-refractivity contribution in [2.24, 2.45) is 5.92 Å². The van der Waals surface area contributed by atoms with Crippen molar-refractivity contribution in [3.05, 3.63) is 63.5 Å². The first-order valence-electron chi connectivity index (χ1n) is 7.98. The fraction of sp³-hybridized carbons (Fsp3) is 0.333. The Labute approximate surface area is 145 Å². The average Bonchev–Trinajstić information content (AvgIpc) is 3.06. The molecule has 5 nitrogen and oxygen atoms in total. The maximum absolute atomic E-state index is 12.5. The van der Waals surface area contributed by atoms with E-state index in [1.807, 2.05) is 18.2 Å². The number of H-pyrrole nitrogens is 1. The number of para-hydroxylation sites is 1. The van der Waals surface area contributed by atoms with Crippen molar-refractivity contribution in [3.8, 4) is 0 Å². The number of nitrogens with zero attached hydrogens (tertiary/aromatic N) is 2. The van der Waals surface area contributed by atoms with E-state index in [0.717, 1.165) is 19.5 Å². The van der Waals surface area contributed by atoms with Crippen LogP contribution in [0.5, 0.6) is 0 Å². The van der Waals surface area contributed by atoms with Crippen LogP contribution in [-0.2, 0) is 0 Å². The summed E-state index contributed by atoms with van der Waals surface area (Å²) in [5.41, 5.74) is 1.24. The molecule has 3 rings (SSSR count). The molecule has 2 heterocycles. The summed E-state index contributed by atoms with van der Waals surface area (Å²) in [5, 5.41) is 0.0327. The zero-order chi connectivity index (χ0) is 17.1. The lowest BCUT2D eigenvalue weighted by Gasteiger charge is -2.22. The van der Waals surface area contributed by atoms with Crippen molar-refractivity contribution in [2.45, 2.75) is 6.42 Å². The molecule has 1 amide bonds. The van der Waals surface area contributed by atoms with Crippen molar-refractivity contribution < 1.29 is 4.79 Å². The number of nitrogens with one attached hydrogen (secondary N) is 1. The fourth-order valence-electron chi connectivity index (χ4n) is 3.13. The first kappa shape index (κ1) is 16.6. The second kappa shape index (κ2) is 7.09. The van der Waals surface area contributed by atoms with Crippen LogP contribution in [0.2, 0.25) is 5.02 Å². The number of amides is 1. The lowest BCUT2D eigenvalue weighted by Crippen LogP contribution is -2.33. The molecule has 1 aliphatic rings. The Hall–Kier alpha value is -2.27. The van der Waals surface area contributed by atoms with E-state index in [1.165, 1.54) is 18.0 Å². The monoisotopic (exact) mass is 345 g/mol. The van der Waals surface area contributed by atoms with E-state index in [4.69, 9.17) is 11.6 Å². The number of pyridine rings is 1. The van der Waals surface area contributed by atoms with Crippen molar-refractivity contribution >= 4 is 23.2 Å². The van der Waals surface area contributed by atoms with Crippen LogP contribution in [0.3, 0.4) is 0 Å². The number of halogens is 1. The molecule has 0 radical (unpaired) electrons. The summed E-state index contributed by atoms with van der Waals surface area (Å²) in [6.07, 6.45) is 2.47. The van der Waals surface area contributed by atoms with Crippen LogP contribution in [-0.4, -0.2) is 42.5 Å². The molecule has 2 aromatic rings. The van der Waals surface area contributed by atoms with E-state index in [0.29, 0.717) is 18.0 Å². The number of carbonyl (C=O) groups is 1. The minimum absolute atomic E-state index is 0.0327. The smallest absolute Gasteiger partial charge is 0.266 e. The Morgan fingerprint density at radius 1 is 1.38 bits per heavy atom. The molecule has 126 valence electrons. The molecular weight excluding hydrogens is 326 g/mol. The summed E-state index contributed by atoms with van der Waals surface area (Å²) in [7, 11) is 1.78. The average molecular weight is 346 g/mol. The van der Waals surface area contributed by atoms with Crippen molar-refractivity contribution in [2.75, 3.05) is 31.6 Å². The first-order chi connectivity index (χ1) is 11.5. The van der Waals surface area contributed by atoms with Gasteiger partial charge in [0, 0.05) is 38.6 Å². The Bertz CT molecular complexity index is 775. The van der Waals surface area contributed by atoms with Gasteiger partial charge in [-0.2, -0.15) is 0 Å². The van der Waals surface area contributed by atoms with Gasteiger partial charge >= 0.3 is 0 Å². The van der Waals surface area contributed by atoms with Crippen LogP contribution in [0.15, 0.2) is 47.4 Å². The summed E-state index contributed by atoms with van der Waals surface area (Å²) in [6.45, 7) is 2.62. The molecular formula is C18H20ClN3O2. The van der Waals surface area contributed by atoms with Crippen molar-refractivity contribution in [1.29, 1.82) is 0 Å². The van der Waals surface area contributed by atoms with Crippen LogP contribution in [0.4, 0.5) is 5.69 Å². The van der Waals surface area contributed by atoms with Gasteiger partial charge in [0.2, 0.25) is 0 Å². The normalized spacial score (nSPS) is 17.1. The minimum atomic E-state index is -0.384. The number of hydrogen-bond donors (Lipinski definition) is 1. The van der Waals surface area contributed by atoms with E-state index in [2.05, 4.69) is 22.0 Å². The second-order valence-corrected chi connectivity index (χ2v) is 6.59. The SMILES string of the molecule is CN(C[C@H]1CCN(c2ccccc2)C1)C(=O)c1c[nH]c(=O)c(Cl)c1. The molecule has 1 saturated heterocycles. The largest absolute Gasteiger partial charge is 0.371 e. The van der Waals surface area contributed by atoms with E-state index in [-0.39, 0.29) is 16.5 Å². The van der Waals surface area contributed by atoms with E-state index in [1.54, 1.807) is 11.9 Å². The standard InChI is InChI=1S/C18H20ClN3O2/c1-21(18(24)14-9-16(19)17(23)20-10-14)11-13-7-8-22(12-13)15-5-3-2-4-6-15/h2-6,9-10,13H,7-8,11-12H2,1H3,(H,20,23)/t13-/m1/s1. The molecule has 1 N–H and O–H groups in total. The number of rotatable bonds is 4. The van der Waals surface area contributed by atoms with E-state index < -0.39 is 0 Å². The van der Waals surface area contributed by atoms with E-state index in [9.17, 15) is 9.59 Å². The van der Waals surface area contributed by atoms with Gasteiger partial charge in [-0.1, -0.05) is 29.8 Å². The Morgan fingerprint density at radius 3 is 2.83 bits per heavy atom. The highest BCUT2D eigenvalue weighted by molar-refractivity contribution is 6.30. The summed E-state index contributed by atoms with van der Waals surface area (Å²) < 4.78 is 0. The Morgan fingerprint density at radius 2 is 2.12 bits per heavy atom. The predicted octanol–water partition coefficient (Wildman–Crippen LogP) is 2.63. The summed E-state index contributed by atoms with van der Waals surface area (Å²) in [6, 6.07) is 11.7. The molecule has 1 fully saturated rings. The third-order valence-corrected chi connectivity index (χ3v) is 4.67. The van der Waals surface area contributed by atoms with Crippen molar-refractivity contribution in [1.82, 2.24) is 9.88 Å². The third kappa shape index (κ3) is 3.62. The molecule has 24 heavy (non-hydrogen) atoms. The molecule has 0 saturated carbocycles. The van der Waals surface area contributed by atoms with Crippen molar-refractivity contribution in [3.63, 3.8) is 0 Å². The predicted molar refractivity (Wildman–Crippen MR) is 95.8 cm³/mol. The van der Waals surface area contributed by atoms with Gasteiger partial charge in [0.05, 0.1) is 5.56 Å². The number of hydrogen-bond acceptors (Lipinski definition) is 3. The summed E-state index contributed by atoms with van der Waals surface area (Å²) in [4.78, 5) is 30.3. The van der Waals surface area contributed by atoms with Crippen LogP contribution in [0.1, 0.15) is 16.8 Å². The number of anilines is 1. The quantitative estimate of drug-likeness (QED) is 0.926. The maximum Gasteiger partial charge on any atom is 0.266 e. The van der Waals surface area contributed by atoms with Crippen LogP contribution >= 0.6 is 11.6 Å². The van der Waals surface area contributed by atoms with E-state index >= 15 is 0 Å². The third-order valence-electron chi connectivity index (χ3n) is 4.39. The van der Waals surface area contributed by atoms with Gasteiger partial charge in [-0.05, 0) is 30.5 Å². The number of benzene rings is 1. The van der Waals surface area contributed by atoms with Crippen LogP contribution in [0.25, 0.3) is 0 Å². The lowest BCUT2D eigenvalue weighted by molar-refractivity contribution is 0.0776. The highest BCUT2D eigenvalue weighted by Crippen LogP contribution is 2.24. The molecule has 6 heteroatoms.